The predicted molar refractivity (Wildman–Crippen MR) is 49.0 cm³/mol. The monoisotopic (exact) mass is 170 g/mol. The molecule has 1 fully saturated rings. The Morgan fingerprint density at radius 2 is 2.42 bits per heavy atom. The van der Waals surface area contributed by atoms with Crippen molar-refractivity contribution in [3.05, 3.63) is 0 Å². The number of amides is 1. The van der Waals surface area contributed by atoms with Crippen molar-refractivity contribution in [2.75, 3.05) is 20.1 Å². The fraction of sp³-hybridized carbons (Fsp3) is 0.889. The maximum atomic E-state index is 11.1. The summed E-state index contributed by atoms with van der Waals surface area (Å²) >= 11 is 0. The maximum absolute atomic E-state index is 11.1. The number of hydrogen-bond acceptors (Lipinski definition) is 2. The molecule has 0 aliphatic carbocycles. The Kier molecular flexibility index (Phi) is 3.53. The predicted octanol–water partition coefficient (Wildman–Crippen LogP) is 0.607. The lowest BCUT2D eigenvalue weighted by Crippen LogP contribution is -2.52. The second-order valence-electron chi connectivity index (χ2n) is 3.49. The van der Waals surface area contributed by atoms with Crippen molar-refractivity contribution in [2.24, 2.45) is 0 Å². The molecule has 0 radical (unpaired) electrons. The highest BCUT2D eigenvalue weighted by Crippen LogP contribution is 2.05. The summed E-state index contributed by atoms with van der Waals surface area (Å²) in [6, 6.07) is 0.521. The second-order valence-corrected chi connectivity index (χ2v) is 3.49. The highest BCUT2D eigenvalue weighted by atomic mass is 16.2. The van der Waals surface area contributed by atoms with Crippen LogP contribution in [0.5, 0.6) is 0 Å². The molecule has 70 valence electrons. The van der Waals surface area contributed by atoms with Crippen LogP contribution in [0, 0.1) is 0 Å². The largest absolute Gasteiger partial charge is 0.343 e. The summed E-state index contributed by atoms with van der Waals surface area (Å²) in [5.41, 5.74) is 0. The van der Waals surface area contributed by atoms with E-state index in [-0.39, 0.29) is 5.91 Å². The number of likely N-dealkylation sites (N-methyl/N-ethyl adjacent to an activating group) is 1. The van der Waals surface area contributed by atoms with E-state index in [0.717, 1.165) is 6.54 Å². The number of carbonyl (C=O) groups is 1. The summed E-state index contributed by atoms with van der Waals surface area (Å²) in [6.45, 7) is 3.58. The van der Waals surface area contributed by atoms with Crippen molar-refractivity contribution < 1.29 is 4.79 Å². The van der Waals surface area contributed by atoms with Crippen LogP contribution in [0.25, 0.3) is 0 Å². The molecule has 0 saturated carbocycles. The standard InChI is InChI=1S/C9H18N2O/c1-3-4-5-8-7-11(2)9(12)6-10-8/h8,10H,3-7H2,1-2H3/t8-/m0/s1. The number of nitrogens with zero attached hydrogens (tertiary/aromatic N) is 1. The average molecular weight is 170 g/mol. The van der Waals surface area contributed by atoms with Gasteiger partial charge in [-0.3, -0.25) is 4.79 Å². The Labute approximate surface area is 74.1 Å². The highest BCUT2D eigenvalue weighted by molar-refractivity contribution is 5.78. The lowest BCUT2D eigenvalue weighted by molar-refractivity contribution is -0.131. The van der Waals surface area contributed by atoms with Gasteiger partial charge in [-0.05, 0) is 6.42 Å². The number of carbonyl (C=O) groups excluding carboxylic acids is 1. The number of nitrogens with one attached hydrogen (secondary N) is 1. The minimum absolute atomic E-state index is 0.211. The Morgan fingerprint density at radius 1 is 1.67 bits per heavy atom. The van der Waals surface area contributed by atoms with Crippen LogP contribution < -0.4 is 5.32 Å². The average Bonchev–Trinajstić information content (AvgIpc) is 2.07. The molecule has 3 nitrogen and oxygen atoms in total. The smallest absolute Gasteiger partial charge is 0.236 e. The van der Waals surface area contributed by atoms with Crippen molar-refractivity contribution in [1.29, 1.82) is 0 Å². The molecular formula is C9H18N2O. The quantitative estimate of drug-likeness (QED) is 0.673. The van der Waals surface area contributed by atoms with Crippen LogP contribution in [0.4, 0.5) is 0 Å². The third-order valence-electron chi connectivity index (χ3n) is 2.37. The van der Waals surface area contributed by atoms with Gasteiger partial charge in [0.05, 0.1) is 6.54 Å². The van der Waals surface area contributed by atoms with Gasteiger partial charge in [0, 0.05) is 19.6 Å². The molecule has 0 aromatic carbocycles. The van der Waals surface area contributed by atoms with Crippen LogP contribution in [0.15, 0.2) is 0 Å². The third kappa shape index (κ3) is 2.48. The molecule has 0 bridgehead atoms. The number of piperazine rings is 1. The van der Waals surface area contributed by atoms with E-state index in [0.29, 0.717) is 12.6 Å². The molecular weight excluding hydrogens is 152 g/mol. The molecule has 1 N–H and O–H groups in total. The number of unbranched alkanes of at least 4 members (excludes halogenated alkanes) is 1. The first-order valence-corrected chi connectivity index (χ1v) is 4.71. The molecule has 1 aliphatic rings. The normalized spacial score (nSPS) is 24.7. The fourth-order valence-corrected chi connectivity index (χ4v) is 1.51. The van der Waals surface area contributed by atoms with Crippen LogP contribution in [0.3, 0.4) is 0 Å². The summed E-state index contributed by atoms with van der Waals surface area (Å²) in [6.07, 6.45) is 3.67. The zero-order valence-corrected chi connectivity index (χ0v) is 7.97. The third-order valence-corrected chi connectivity index (χ3v) is 2.37. The molecule has 0 spiro atoms. The van der Waals surface area contributed by atoms with E-state index in [1.165, 1.54) is 19.3 Å². The van der Waals surface area contributed by atoms with Gasteiger partial charge in [-0.25, -0.2) is 0 Å². The molecule has 1 saturated heterocycles. The number of hydrogen-bond donors (Lipinski definition) is 1. The molecule has 0 unspecified atom stereocenters. The first-order valence-electron chi connectivity index (χ1n) is 4.71. The first kappa shape index (κ1) is 9.52. The minimum atomic E-state index is 0.211. The first-order chi connectivity index (χ1) is 5.74. The van der Waals surface area contributed by atoms with E-state index in [1.54, 1.807) is 0 Å². The second kappa shape index (κ2) is 4.45. The molecule has 1 atom stereocenters. The summed E-state index contributed by atoms with van der Waals surface area (Å²) in [5, 5.41) is 3.24. The summed E-state index contributed by atoms with van der Waals surface area (Å²) in [5.74, 6) is 0.211. The number of rotatable bonds is 3. The zero-order chi connectivity index (χ0) is 8.97. The molecule has 0 aromatic heterocycles. The van der Waals surface area contributed by atoms with Gasteiger partial charge in [0.15, 0.2) is 0 Å². The molecule has 1 amide bonds. The van der Waals surface area contributed by atoms with Crippen molar-refractivity contribution in [3.63, 3.8) is 0 Å². The van der Waals surface area contributed by atoms with Crippen molar-refractivity contribution in [3.8, 4) is 0 Å². The van der Waals surface area contributed by atoms with Gasteiger partial charge >= 0.3 is 0 Å². The lowest BCUT2D eigenvalue weighted by atomic mass is 10.1. The van der Waals surface area contributed by atoms with Crippen LogP contribution in [0.2, 0.25) is 0 Å². The van der Waals surface area contributed by atoms with E-state index in [9.17, 15) is 4.79 Å². The van der Waals surface area contributed by atoms with Crippen molar-refractivity contribution in [1.82, 2.24) is 10.2 Å². The van der Waals surface area contributed by atoms with Gasteiger partial charge in [-0.15, -0.1) is 0 Å². The molecule has 0 aromatic rings. The lowest BCUT2D eigenvalue weighted by Gasteiger charge is -2.30. The topological polar surface area (TPSA) is 32.3 Å². The van der Waals surface area contributed by atoms with Crippen LogP contribution in [-0.4, -0.2) is 37.0 Å². The van der Waals surface area contributed by atoms with E-state index in [2.05, 4.69) is 12.2 Å². The van der Waals surface area contributed by atoms with Crippen LogP contribution in [-0.2, 0) is 4.79 Å². The summed E-state index contributed by atoms with van der Waals surface area (Å²) < 4.78 is 0. The minimum Gasteiger partial charge on any atom is -0.343 e. The van der Waals surface area contributed by atoms with Gasteiger partial charge in [0.2, 0.25) is 5.91 Å². The molecule has 1 rings (SSSR count). The Hall–Kier alpha value is -0.570. The highest BCUT2D eigenvalue weighted by Gasteiger charge is 2.20. The Bertz CT molecular complexity index is 159. The van der Waals surface area contributed by atoms with Gasteiger partial charge in [-0.2, -0.15) is 0 Å². The molecule has 3 heteroatoms. The Balaban J connectivity index is 2.25. The summed E-state index contributed by atoms with van der Waals surface area (Å²) in [7, 11) is 1.88. The van der Waals surface area contributed by atoms with E-state index in [1.807, 2.05) is 11.9 Å². The van der Waals surface area contributed by atoms with E-state index in [4.69, 9.17) is 0 Å². The zero-order valence-electron chi connectivity index (χ0n) is 7.97. The van der Waals surface area contributed by atoms with Gasteiger partial charge < -0.3 is 10.2 Å². The molecule has 12 heavy (non-hydrogen) atoms. The summed E-state index contributed by atoms with van der Waals surface area (Å²) in [4.78, 5) is 12.9. The van der Waals surface area contributed by atoms with Crippen LogP contribution in [0.1, 0.15) is 26.2 Å². The fourth-order valence-electron chi connectivity index (χ4n) is 1.51. The van der Waals surface area contributed by atoms with Gasteiger partial charge in [0.1, 0.15) is 0 Å². The van der Waals surface area contributed by atoms with Crippen molar-refractivity contribution in [2.45, 2.75) is 32.2 Å². The van der Waals surface area contributed by atoms with Crippen molar-refractivity contribution >= 4 is 5.91 Å². The Morgan fingerprint density at radius 3 is 3.00 bits per heavy atom. The van der Waals surface area contributed by atoms with Gasteiger partial charge in [-0.1, -0.05) is 19.8 Å². The SMILES string of the molecule is CCCC[C@H]1CN(C)C(=O)CN1. The van der Waals surface area contributed by atoms with Gasteiger partial charge in [0.25, 0.3) is 0 Å². The molecule has 1 heterocycles. The van der Waals surface area contributed by atoms with E-state index >= 15 is 0 Å². The maximum Gasteiger partial charge on any atom is 0.236 e. The van der Waals surface area contributed by atoms with Crippen LogP contribution >= 0.6 is 0 Å². The molecule has 1 aliphatic heterocycles. The van der Waals surface area contributed by atoms with E-state index < -0.39 is 0 Å².